The number of fused-ring (bicyclic) bond motifs is 1. The topological polar surface area (TPSA) is 68.6 Å². The Hall–Kier alpha value is -2.64. The fraction of sp³-hybridized carbons (Fsp3) is 0.318. The van der Waals surface area contributed by atoms with Gasteiger partial charge in [-0.15, -0.1) is 5.06 Å². The van der Waals surface area contributed by atoms with Crippen molar-refractivity contribution in [3.8, 4) is 0 Å². The molecular weight excluding hydrogens is 388 g/mol. The Balaban J connectivity index is 1.52. The molecule has 1 saturated heterocycles. The van der Waals surface area contributed by atoms with Crippen molar-refractivity contribution in [3.05, 3.63) is 66.4 Å². The highest BCUT2D eigenvalue weighted by atomic mass is 32.2. The average Bonchev–Trinajstić information content (AvgIpc) is 3.08. The molecule has 7 heteroatoms. The lowest BCUT2D eigenvalue weighted by molar-refractivity contribution is -0.220. The normalized spacial score (nSPS) is 16.0. The molecule has 1 aromatic heterocycles. The van der Waals surface area contributed by atoms with Crippen LogP contribution in [0.15, 0.2) is 65.7 Å². The maximum Gasteiger partial charge on any atom is 0.330 e. The minimum atomic E-state index is -3.63. The van der Waals surface area contributed by atoms with Gasteiger partial charge in [-0.05, 0) is 56.7 Å². The molecule has 29 heavy (non-hydrogen) atoms. The Morgan fingerprint density at radius 3 is 2.38 bits per heavy atom. The first-order chi connectivity index (χ1) is 13.7. The second-order valence-corrected chi connectivity index (χ2v) is 10.2. The first-order valence-electron chi connectivity index (χ1n) is 9.55. The van der Waals surface area contributed by atoms with Gasteiger partial charge in [-0.3, -0.25) is 0 Å². The summed E-state index contributed by atoms with van der Waals surface area (Å²) in [5, 5.41) is 2.54. The molecule has 0 bridgehead atoms. The van der Waals surface area contributed by atoms with Crippen LogP contribution in [0.3, 0.4) is 0 Å². The molecule has 0 spiro atoms. The highest BCUT2D eigenvalue weighted by Crippen LogP contribution is 2.32. The van der Waals surface area contributed by atoms with Crippen molar-refractivity contribution in [3.63, 3.8) is 0 Å². The van der Waals surface area contributed by atoms with Gasteiger partial charge < -0.3 is 4.84 Å². The van der Waals surface area contributed by atoms with Crippen LogP contribution in [0.4, 0.5) is 0 Å². The molecule has 0 amide bonds. The molecule has 0 atom stereocenters. The van der Waals surface area contributed by atoms with Crippen molar-refractivity contribution >= 4 is 26.9 Å². The van der Waals surface area contributed by atoms with Crippen LogP contribution in [0, 0.1) is 5.41 Å². The Bertz CT molecular complexity index is 1150. The molecule has 6 nitrogen and oxygen atoms in total. The Morgan fingerprint density at radius 1 is 1.03 bits per heavy atom. The number of hydroxylamine groups is 2. The average molecular weight is 413 g/mol. The molecule has 0 saturated carbocycles. The monoisotopic (exact) mass is 412 g/mol. The van der Waals surface area contributed by atoms with Crippen LogP contribution in [0.2, 0.25) is 0 Å². The van der Waals surface area contributed by atoms with Crippen LogP contribution in [-0.2, 0) is 19.7 Å². The second-order valence-electron chi connectivity index (χ2n) is 8.42. The molecule has 152 valence electrons. The van der Waals surface area contributed by atoms with E-state index >= 15 is 0 Å². The van der Waals surface area contributed by atoms with Crippen LogP contribution < -0.4 is 0 Å². The minimum absolute atomic E-state index is 0.241. The van der Waals surface area contributed by atoms with Crippen LogP contribution in [0.25, 0.3) is 10.9 Å². The maximum atomic E-state index is 12.9. The van der Waals surface area contributed by atoms with E-state index in [2.05, 4.69) is 0 Å². The lowest BCUT2D eigenvalue weighted by Gasteiger charge is -2.38. The third-order valence-corrected chi connectivity index (χ3v) is 6.83. The zero-order valence-electron chi connectivity index (χ0n) is 16.7. The van der Waals surface area contributed by atoms with Gasteiger partial charge in [0.25, 0.3) is 10.0 Å². The quantitative estimate of drug-likeness (QED) is 0.652. The number of hydrogen-bond donors (Lipinski definition) is 0. The van der Waals surface area contributed by atoms with Gasteiger partial charge >= 0.3 is 5.97 Å². The molecule has 0 N–H and O–H groups in total. The zero-order chi connectivity index (χ0) is 20.8. The third kappa shape index (κ3) is 3.68. The van der Waals surface area contributed by atoms with E-state index in [1.165, 1.54) is 3.97 Å². The molecule has 0 radical (unpaired) electrons. The number of aromatic nitrogens is 1. The van der Waals surface area contributed by atoms with Crippen LogP contribution in [0.5, 0.6) is 0 Å². The Morgan fingerprint density at radius 2 is 1.72 bits per heavy atom. The van der Waals surface area contributed by atoms with Crippen molar-refractivity contribution in [1.29, 1.82) is 0 Å². The summed E-state index contributed by atoms with van der Waals surface area (Å²) in [5.41, 5.74) is 1.22. The molecule has 0 unspecified atom stereocenters. The summed E-state index contributed by atoms with van der Waals surface area (Å²) in [4.78, 5) is 17.6. The Kier molecular flexibility index (Phi) is 4.75. The van der Waals surface area contributed by atoms with Crippen LogP contribution >= 0.6 is 0 Å². The van der Waals surface area contributed by atoms with Gasteiger partial charge in [-0.2, -0.15) is 0 Å². The molecule has 3 aromatic rings. The lowest BCUT2D eigenvalue weighted by atomic mass is 9.92. The van der Waals surface area contributed by atoms with E-state index in [-0.39, 0.29) is 16.8 Å². The van der Waals surface area contributed by atoms with Gasteiger partial charge in [-0.1, -0.05) is 24.3 Å². The van der Waals surface area contributed by atoms with Crippen molar-refractivity contribution in [2.24, 2.45) is 5.41 Å². The molecular formula is C22H24N2O4S. The van der Waals surface area contributed by atoms with Crippen molar-refractivity contribution in [2.75, 3.05) is 13.1 Å². The van der Waals surface area contributed by atoms with Gasteiger partial charge in [-0.25, -0.2) is 17.2 Å². The van der Waals surface area contributed by atoms with E-state index in [0.717, 1.165) is 10.9 Å². The maximum absolute atomic E-state index is 12.9. The standard InChI is InChI=1S/C22H24N2O4S/c1-22(2,3)21(25)28-23-14-18(15-23)16-9-10-20-17(13-16)11-12-24(20)29(26,27)19-7-5-4-6-8-19/h4-13,18H,14-15H2,1-3H3. The summed E-state index contributed by atoms with van der Waals surface area (Å²) in [6.07, 6.45) is 1.59. The molecule has 2 heterocycles. The molecule has 2 aromatic carbocycles. The molecule has 1 fully saturated rings. The number of hydrogen-bond acceptors (Lipinski definition) is 5. The lowest BCUT2D eigenvalue weighted by Crippen LogP contribution is -2.47. The number of carbonyl (C=O) groups excluding carboxylic acids is 1. The van der Waals surface area contributed by atoms with E-state index in [9.17, 15) is 13.2 Å². The zero-order valence-corrected chi connectivity index (χ0v) is 17.5. The summed E-state index contributed by atoms with van der Waals surface area (Å²) in [7, 11) is -3.63. The van der Waals surface area contributed by atoms with E-state index in [1.807, 2.05) is 45.0 Å². The van der Waals surface area contributed by atoms with Crippen molar-refractivity contribution in [2.45, 2.75) is 31.6 Å². The van der Waals surface area contributed by atoms with Crippen molar-refractivity contribution < 1.29 is 18.0 Å². The Labute approximate surface area is 170 Å². The van der Waals surface area contributed by atoms with E-state index < -0.39 is 15.4 Å². The number of rotatable bonds is 4. The first-order valence-corrected chi connectivity index (χ1v) is 11.0. The van der Waals surface area contributed by atoms with E-state index in [1.54, 1.807) is 41.6 Å². The number of carbonyl (C=O) groups is 1. The van der Waals surface area contributed by atoms with Gasteiger partial charge in [0, 0.05) is 30.6 Å². The molecule has 4 rings (SSSR count). The van der Waals surface area contributed by atoms with Crippen molar-refractivity contribution in [1.82, 2.24) is 9.04 Å². The largest absolute Gasteiger partial charge is 0.367 e. The smallest absolute Gasteiger partial charge is 0.330 e. The number of nitrogens with zero attached hydrogens (tertiary/aromatic N) is 2. The summed E-state index contributed by atoms with van der Waals surface area (Å²) in [6, 6.07) is 16.0. The highest BCUT2D eigenvalue weighted by Gasteiger charge is 2.34. The summed E-state index contributed by atoms with van der Waals surface area (Å²) in [5.74, 6) is 0.0100. The first kappa shape index (κ1) is 19.7. The fourth-order valence-corrected chi connectivity index (χ4v) is 4.66. The van der Waals surface area contributed by atoms with Gasteiger partial charge in [0.2, 0.25) is 0 Å². The summed E-state index contributed by atoms with van der Waals surface area (Å²) < 4.78 is 27.2. The van der Waals surface area contributed by atoms with Gasteiger partial charge in [0.15, 0.2) is 0 Å². The molecule has 0 aliphatic carbocycles. The van der Waals surface area contributed by atoms with E-state index in [4.69, 9.17) is 4.84 Å². The molecule has 1 aliphatic heterocycles. The summed E-state index contributed by atoms with van der Waals surface area (Å²) in [6.45, 7) is 6.75. The SMILES string of the molecule is CC(C)(C)C(=O)ON1CC(c2ccc3c(ccn3S(=O)(=O)c3ccccc3)c2)C1. The predicted octanol–water partition coefficient (Wildman–Crippen LogP) is 3.78. The molecule has 1 aliphatic rings. The van der Waals surface area contributed by atoms with Crippen LogP contribution in [-0.4, -0.2) is 36.5 Å². The second kappa shape index (κ2) is 7.00. The van der Waals surface area contributed by atoms with Gasteiger partial charge in [0.05, 0.1) is 15.8 Å². The predicted molar refractivity (Wildman–Crippen MR) is 111 cm³/mol. The highest BCUT2D eigenvalue weighted by molar-refractivity contribution is 7.90. The minimum Gasteiger partial charge on any atom is -0.367 e. The van der Waals surface area contributed by atoms with E-state index in [0.29, 0.717) is 18.6 Å². The number of benzene rings is 2. The van der Waals surface area contributed by atoms with Gasteiger partial charge in [0.1, 0.15) is 0 Å². The summed E-state index contributed by atoms with van der Waals surface area (Å²) >= 11 is 0. The fourth-order valence-electron chi connectivity index (χ4n) is 3.28. The third-order valence-electron chi connectivity index (χ3n) is 5.12. The van der Waals surface area contributed by atoms with Crippen LogP contribution in [0.1, 0.15) is 32.3 Å².